The molecule has 334 valence electrons. The van der Waals surface area contributed by atoms with E-state index in [1.54, 1.807) is 42.3 Å². The van der Waals surface area contributed by atoms with Crippen LogP contribution in [-0.2, 0) is 16.2 Å². The molecule has 0 saturated heterocycles. The molecule has 0 radical (unpaired) electrons. The molecule has 1 amide bonds. The number of ether oxygens (including phenoxy) is 3. The van der Waals surface area contributed by atoms with Crippen molar-refractivity contribution in [1.82, 2.24) is 4.90 Å². The molecule has 0 spiro atoms. The first kappa shape index (κ1) is 45.1. The molecular weight excluding hydrogens is 815 g/mol. The first-order valence-corrected chi connectivity index (χ1v) is 22.7. The third-order valence-corrected chi connectivity index (χ3v) is 13.1. The smallest absolute Gasteiger partial charge is 0.254 e. The zero-order valence-corrected chi connectivity index (χ0v) is 36.9. The molecule has 1 fully saturated rings. The van der Waals surface area contributed by atoms with Gasteiger partial charge < -0.3 is 34.2 Å². The highest BCUT2D eigenvalue weighted by Crippen LogP contribution is 2.62. The van der Waals surface area contributed by atoms with Crippen LogP contribution in [0.2, 0.25) is 0 Å². The zero-order chi connectivity index (χ0) is 45.2. The van der Waals surface area contributed by atoms with E-state index >= 15 is 0 Å². The fraction of sp³-hybridized carbons (Fsp3) is 0.327. The first-order chi connectivity index (χ1) is 31.9. The number of allylic oxidation sites excluding steroid dienone is 1. The van der Waals surface area contributed by atoms with E-state index in [0.29, 0.717) is 46.9 Å². The Morgan fingerprint density at radius 3 is 2.25 bits per heavy atom. The number of nitrogens with zero attached hydrogens (tertiary/aromatic N) is 3. The van der Waals surface area contributed by atoms with Crippen LogP contribution >= 0.6 is 0 Å². The maximum Gasteiger partial charge on any atom is 0.254 e. The number of hydrogen-bond acceptors (Lipinski definition) is 9. The number of benzene rings is 5. The van der Waals surface area contributed by atoms with E-state index in [1.807, 2.05) is 72.8 Å². The maximum atomic E-state index is 14.7. The Balaban J connectivity index is 1.27. The molecule has 0 unspecified atom stereocenters. The number of oxime groups is 1. The number of carbonyl (C=O) groups is 1. The van der Waals surface area contributed by atoms with Gasteiger partial charge in [0.1, 0.15) is 29.9 Å². The molecule has 10 nitrogen and oxygen atoms in total. The number of aliphatic hydroxyl groups excluding tert-OH is 2. The van der Waals surface area contributed by atoms with Crippen molar-refractivity contribution in [3.8, 4) is 34.4 Å². The van der Waals surface area contributed by atoms with Gasteiger partial charge in [-0.15, -0.1) is 6.58 Å². The van der Waals surface area contributed by atoms with Crippen LogP contribution in [0.25, 0.3) is 11.1 Å². The highest BCUT2D eigenvalue weighted by atomic mass is 16.7. The normalized spacial score (nSPS) is 22.3. The average molecular weight is 872 g/mol. The Labute approximate surface area is 382 Å². The molecule has 5 aromatic rings. The minimum atomic E-state index is -1.41. The maximum absolute atomic E-state index is 14.7. The number of amides is 1. The van der Waals surface area contributed by atoms with Crippen molar-refractivity contribution in [1.29, 1.82) is 5.26 Å². The Morgan fingerprint density at radius 1 is 0.877 bits per heavy atom. The molecule has 1 heterocycles. The number of aliphatic hydroxyl groups is 2. The van der Waals surface area contributed by atoms with Crippen LogP contribution in [0, 0.1) is 29.1 Å². The Bertz CT molecular complexity index is 2500. The summed E-state index contributed by atoms with van der Waals surface area (Å²) in [6, 6.07) is 42.2. The molecular formula is C55H57N3O7. The predicted octanol–water partition coefficient (Wildman–Crippen LogP) is 10.6. The monoisotopic (exact) mass is 871 g/mol. The molecule has 1 aliphatic heterocycles. The largest absolute Gasteiger partial charge is 0.459 e. The number of rotatable bonds is 19. The van der Waals surface area contributed by atoms with Crippen molar-refractivity contribution < 1.29 is 34.1 Å². The lowest BCUT2D eigenvalue weighted by atomic mass is 9.55. The number of fused-ring (bicyclic) bond motifs is 2. The number of unbranched alkanes of at least 4 members (excludes halogenated alkanes) is 2. The topological polar surface area (TPSA) is 134 Å². The van der Waals surface area contributed by atoms with Crippen LogP contribution in [0.5, 0.6) is 17.2 Å². The Hall–Kier alpha value is -6.51. The molecule has 5 aromatic carbocycles. The van der Waals surface area contributed by atoms with E-state index in [2.05, 4.69) is 49.1 Å². The minimum Gasteiger partial charge on any atom is -0.459 e. The standard InChI is InChI=1S/C55H57N3O7/c1-3-32-62-55-51(58(2)54(61)42-22-20-38(36-56)21-23-42)35-49(57-63-37-39-14-6-4-7-15-39)47-33-43(18-10-12-30-59)46(19-11-13-31-60)52(53(47)55)48-34-45(28-29-50(48)65-55)64-44-26-24-41(25-27-44)40-16-8-5-9-17-40/h3-9,14-17,20-29,33-34,43,46,51-53,59-60H,1,10-13,18-19,30-32,35,37H2,2H3/t43-,46+,51-,52+,53+,55+/m0/s1. The summed E-state index contributed by atoms with van der Waals surface area (Å²) in [4.78, 5) is 22.6. The average Bonchev–Trinajstić information content (AvgIpc) is 3.35. The molecule has 2 aliphatic carbocycles. The number of likely N-dealkylation sites (N-methyl/N-ethyl adjacent to an activating group) is 1. The van der Waals surface area contributed by atoms with Gasteiger partial charge >= 0.3 is 0 Å². The van der Waals surface area contributed by atoms with Gasteiger partial charge in [0.15, 0.2) is 0 Å². The fourth-order valence-electron chi connectivity index (χ4n) is 10.1. The van der Waals surface area contributed by atoms with Crippen molar-refractivity contribution >= 4 is 11.6 Å². The molecule has 10 heteroatoms. The second-order valence-corrected chi connectivity index (χ2v) is 17.1. The summed E-state index contributed by atoms with van der Waals surface area (Å²) in [7, 11) is 1.77. The van der Waals surface area contributed by atoms with E-state index in [4.69, 9.17) is 24.2 Å². The third-order valence-electron chi connectivity index (χ3n) is 13.1. The van der Waals surface area contributed by atoms with E-state index in [9.17, 15) is 20.3 Å². The highest BCUT2D eigenvalue weighted by Gasteiger charge is 2.65. The van der Waals surface area contributed by atoms with Gasteiger partial charge in [0.05, 0.1) is 29.9 Å². The fourth-order valence-corrected chi connectivity index (χ4v) is 10.1. The number of hydrogen-bond donors (Lipinski definition) is 2. The predicted molar refractivity (Wildman–Crippen MR) is 251 cm³/mol. The van der Waals surface area contributed by atoms with Crippen LogP contribution in [0.3, 0.4) is 0 Å². The SMILES string of the molecule is C=CCO[C@@]12Oc3ccc(Oc4ccc(-c5ccccc5)cc4)cc3[C@H]3[C@H](CCCCO)[C@@H](CCCCO)C=C(C(=NOCc4ccccc4)C[C@@H]1N(C)C(=O)c1ccc(C#N)cc1)[C@H]32. The van der Waals surface area contributed by atoms with Gasteiger partial charge in [-0.05, 0) is 114 Å². The van der Waals surface area contributed by atoms with E-state index in [1.165, 1.54) is 0 Å². The second-order valence-electron chi connectivity index (χ2n) is 17.1. The van der Waals surface area contributed by atoms with Crippen LogP contribution in [0.4, 0.5) is 0 Å². The molecule has 8 rings (SSSR count). The van der Waals surface area contributed by atoms with Gasteiger partial charge in [-0.1, -0.05) is 103 Å². The lowest BCUT2D eigenvalue weighted by Crippen LogP contribution is -2.69. The summed E-state index contributed by atoms with van der Waals surface area (Å²) in [5, 5.41) is 34.4. The van der Waals surface area contributed by atoms with Crippen LogP contribution < -0.4 is 9.47 Å². The third kappa shape index (κ3) is 9.79. The minimum absolute atomic E-state index is 0.0496. The van der Waals surface area contributed by atoms with Crippen molar-refractivity contribution in [2.24, 2.45) is 22.9 Å². The van der Waals surface area contributed by atoms with Crippen LogP contribution in [0.1, 0.15) is 77.9 Å². The Kier molecular flexibility index (Phi) is 14.6. The molecule has 6 atom stereocenters. The van der Waals surface area contributed by atoms with Gasteiger partial charge in [0, 0.05) is 43.7 Å². The quantitative estimate of drug-likeness (QED) is 0.0476. The number of nitriles is 1. The van der Waals surface area contributed by atoms with Crippen molar-refractivity contribution in [3.05, 3.63) is 174 Å². The van der Waals surface area contributed by atoms with E-state index in [0.717, 1.165) is 53.5 Å². The molecule has 0 aromatic heterocycles. The molecule has 1 saturated carbocycles. The Morgan fingerprint density at radius 2 is 1.55 bits per heavy atom. The van der Waals surface area contributed by atoms with Gasteiger partial charge in [-0.2, -0.15) is 5.26 Å². The molecule has 0 bridgehead atoms. The lowest BCUT2D eigenvalue weighted by Gasteiger charge is -2.59. The molecule has 2 N–H and O–H groups in total. The molecule has 3 aliphatic rings. The second kappa shape index (κ2) is 21.0. The van der Waals surface area contributed by atoms with E-state index in [-0.39, 0.29) is 56.5 Å². The highest BCUT2D eigenvalue weighted by molar-refractivity contribution is 6.03. The summed E-state index contributed by atoms with van der Waals surface area (Å²) >= 11 is 0. The van der Waals surface area contributed by atoms with Crippen LogP contribution in [0.15, 0.2) is 157 Å². The van der Waals surface area contributed by atoms with Crippen LogP contribution in [-0.4, -0.2) is 65.4 Å². The summed E-state index contributed by atoms with van der Waals surface area (Å²) in [5.74, 6) is -0.254. The summed E-state index contributed by atoms with van der Waals surface area (Å²) in [6.07, 6.45) is 8.88. The zero-order valence-electron chi connectivity index (χ0n) is 36.9. The van der Waals surface area contributed by atoms with Gasteiger partial charge in [-0.25, -0.2) is 0 Å². The van der Waals surface area contributed by atoms with Crippen molar-refractivity contribution in [2.75, 3.05) is 26.9 Å². The summed E-state index contributed by atoms with van der Waals surface area (Å²) in [6.45, 7) is 4.63. The lowest BCUT2D eigenvalue weighted by molar-refractivity contribution is -0.252. The van der Waals surface area contributed by atoms with Gasteiger partial charge in [0.25, 0.3) is 5.91 Å². The first-order valence-electron chi connectivity index (χ1n) is 22.7. The number of carbonyl (C=O) groups excluding carboxylic acids is 1. The van der Waals surface area contributed by atoms with Crippen molar-refractivity contribution in [3.63, 3.8) is 0 Å². The van der Waals surface area contributed by atoms with Gasteiger partial charge in [-0.3, -0.25) is 4.79 Å². The van der Waals surface area contributed by atoms with E-state index < -0.39 is 17.7 Å². The van der Waals surface area contributed by atoms with Gasteiger partial charge in [0.2, 0.25) is 5.79 Å². The summed E-state index contributed by atoms with van der Waals surface area (Å²) < 4.78 is 21.0. The van der Waals surface area contributed by atoms with Crippen molar-refractivity contribution in [2.45, 2.75) is 69.3 Å². The summed E-state index contributed by atoms with van der Waals surface area (Å²) in [5.41, 5.74) is 6.68. The molecule has 65 heavy (non-hydrogen) atoms.